The summed E-state index contributed by atoms with van der Waals surface area (Å²) in [5.41, 5.74) is 0.956. The highest BCUT2D eigenvalue weighted by molar-refractivity contribution is 6.31. The minimum Gasteiger partial charge on any atom is -0.310 e. The molecule has 0 aliphatic rings. The maximum atomic E-state index is 12.9. The summed E-state index contributed by atoms with van der Waals surface area (Å²) in [5, 5.41) is 3.90. The Morgan fingerprint density at radius 3 is 2.59 bits per heavy atom. The van der Waals surface area contributed by atoms with Gasteiger partial charge >= 0.3 is 0 Å². The number of benzene rings is 1. The average molecular weight is 258 g/mol. The van der Waals surface area contributed by atoms with Crippen LogP contribution in [-0.2, 0) is 0 Å². The van der Waals surface area contributed by atoms with Crippen LogP contribution in [0.15, 0.2) is 18.2 Å². The molecule has 1 atom stereocenters. The normalized spacial score (nSPS) is 13.1. The SMILES string of the molecule is CC(C)CCCNC(C)c1ccc(F)cc1Cl. The molecule has 0 amide bonds. The lowest BCUT2D eigenvalue weighted by atomic mass is 10.1. The Balaban J connectivity index is 2.44. The largest absolute Gasteiger partial charge is 0.310 e. The van der Waals surface area contributed by atoms with E-state index < -0.39 is 0 Å². The molecule has 3 heteroatoms. The second-order valence-electron chi connectivity index (χ2n) is 4.88. The molecule has 0 radical (unpaired) electrons. The van der Waals surface area contributed by atoms with Crippen LogP contribution in [0.3, 0.4) is 0 Å². The highest BCUT2D eigenvalue weighted by Gasteiger charge is 2.09. The average Bonchev–Trinajstić information content (AvgIpc) is 2.23. The van der Waals surface area contributed by atoms with Gasteiger partial charge in [-0.15, -0.1) is 0 Å². The second kappa shape index (κ2) is 6.97. The maximum absolute atomic E-state index is 12.9. The van der Waals surface area contributed by atoms with E-state index in [1.807, 2.05) is 0 Å². The zero-order valence-electron chi connectivity index (χ0n) is 10.8. The van der Waals surface area contributed by atoms with Crippen LogP contribution in [0.5, 0.6) is 0 Å². The number of nitrogens with one attached hydrogen (secondary N) is 1. The molecular weight excluding hydrogens is 237 g/mol. The fourth-order valence-electron chi connectivity index (χ4n) is 1.79. The lowest BCUT2D eigenvalue weighted by molar-refractivity contribution is 0.497. The van der Waals surface area contributed by atoms with Gasteiger partial charge in [-0.25, -0.2) is 4.39 Å². The van der Waals surface area contributed by atoms with Crippen molar-refractivity contribution in [3.05, 3.63) is 34.6 Å². The van der Waals surface area contributed by atoms with Crippen molar-refractivity contribution < 1.29 is 4.39 Å². The molecule has 1 unspecified atom stereocenters. The molecular formula is C14H21ClFN. The number of hydrogen-bond acceptors (Lipinski definition) is 1. The van der Waals surface area contributed by atoms with E-state index in [0.717, 1.165) is 24.4 Å². The van der Waals surface area contributed by atoms with E-state index >= 15 is 0 Å². The van der Waals surface area contributed by atoms with Gasteiger partial charge in [0, 0.05) is 11.1 Å². The van der Waals surface area contributed by atoms with Gasteiger partial charge in [0.1, 0.15) is 5.82 Å². The molecule has 0 aromatic heterocycles. The van der Waals surface area contributed by atoms with Gasteiger partial charge in [-0.3, -0.25) is 0 Å². The Hall–Kier alpha value is -0.600. The van der Waals surface area contributed by atoms with Crippen LogP contribution in [0.4, 0.5) is 4.39 Å². The quantitative estimate of drug-likeness (QED) is 0.737. The van der Waals surface area contributed by atoms with E-state index in [9.17, 15) is 4.39 Å². The molecule has 0 saturated heterocycles. The van der Waals surface area contributed by atoms with Crippen molar-refractivity contribution in [2.75, 3.05) is 6.54 Å². The number of halogens is 2. The third kappa shape index (κ3) is 5.05. The predicted molar refractivity (Wildman–Crippen MR) is 71.9 cm³/mol. The van der Waals surface area contributed by atoms with Gasteiger partial charge in [-0.05, 0) is 49.9 Å². The van der Waals surface area contributed by atoms with E-state index in [2.05, 4.69) is 26.1 Å². The predicted octanol–water partition coefficient (Wildman–Crippen LogP) is 4.57. The van der Waals surface area contributed by atoms with Crippen LogP contribution in [0.2, 0.25) is 5.02 Å². The van der Waals surface area contributed by atoms with Crippen molar-refractivity contribution in [3.63, 3.8) is 0 Å². The van der Waals surface area contributed by atoms with Crippen molar-refractivity contribution >= 4 is 11.6 Å². The van der Waals surface area contributed by atoms with Crippen LogP contribution in [0, 0.1) is 11.7 Å². The molecule has 0 aliphatic heterocycles. The summed E-state index contributed by atoms with van der Waals surface area (Å²) in [6.07, 6.45) is 2.37. The Morgan fingerprint density at radius 1 is 1.29 bits per heavy atom. The molecule has 1 rings (SSSR count). The van der Waals surface area contributed by atoms with E-state index in [1.54, 1.807) is 6.07 Å². The van der Waals surface area contributed by atoms with Gasteiger partial charge in [0.25, 0.3) is 0 Å². The molecule has 1 nitrogen and oxygen atoms in total. The van der Waals surface area contributed by atoms with Crippen LogP contribution in [-0.4, -0.2) is 6.54 Å². The summed E-state index contributed by atoms with van der Waals surface area (Å²) in [5.74, 6) is 0.451. The summed E-state index contributed by atoms with van der Waals surface area (Å²) in [4.78, 5) is 0. The lowest BCUT2D eigenvalue weighted by Gasteiger charge is -2.16. The first kappa shape index (κ1) is 14.5. The van der Waals surface area contributed by atoms with E-state index in [0.29, 0.717) is 5.02 Å². The van der Waals surface area contributed by atoms with Crippen molar-refractivity contribution in [2.24, 2.45) is 5.92 Å². The second-order valence-corrected chi connectivity index (χ2v) is 5.28. The lowest BCUT2D eigenvalue weighted by Crippen LogP contribution is -2.20. The summed E-state index contributed by atoms with van der Waals surface area (Å²) < 4.78 is 12.9. The Morgan fingerprint density at radius 2 is 2.00 bits per heavy atom. The molecule has 96 valence electrons. The van der Waals surface area contributed by atoms with Crippen LogP contribution in [0.1, 0.15) is 45.2 Å². The minimum absolute atomic E-state index is 0.162. The van der Waals surface area contributed by atoms with E-state index in [4.69, 9.17) is 11.6 Å². The van der Waals surface area contributed by atoms with Crippen molar-refractivity contribution in [3.8, 4) is 0 Å². The first-order valence-corrected chi connectivity index (χ1v) is 6.57. The smallest absolute Gasteiger partial charge is 0.124 e. The van der Waals surface area contributed by atoms with Gasteiger partial charge < -0.3 is 5.32 Å². The van der Waals surface area contributed by atoms with Gasteiger partial charge in [0.05, 0.1) is 0 Å². The van der Waals surface area contributed by atoms with Crippen molar-refractivity contribution in [2.45, 2.75) is 39.7 Å². The minimum atomic E-state index is -0.286. The Kier molecular flexibility index (Phi) is 5.93. The van der Waals surface area contributed by atoms with Crippen LogP contribution < -0.4 is 5.32 Å². The number of hydrogen-bond donors (Lipinski definition) is 1. The third-order valence-corrected chi connectivity index (χ3v) is 3.17. The Labute approximate surface area is 108 Å². The zero-order chi connectivity index (χ0) is 12.8. The topological polar surface area (TPSA) is 12.0 Å². The van der Waals surface area contributed by atoms with Crippen LogP contribution in [0.25, 0.3) is 0 Å². The molecule has 0 spiro atoms. The van der Waals surface area contributed by atoms with E-state index in [-0.39, 0.29) is 11.9 Å². The van der Waals surface area contributed by atoms with Gasteiger partial charge in [-0.1, -0.05) is 31.5 Å². The molecule has 0 heterocycles. The van der Waals surface area contributed by atoms with Crippen molar-refractivity contribution in [1.29, 1.82) is 0 Å². The third-order valence-electron chi connectivity index (χ3n) is 2.84. The highest BCUT2D eigenvalue weighted by Crippen LogP contribution is 2.23. The molecule has 17 heavy (non-hydrogen) atoms. The summed E-state index contributed by atoms with van der Waals surface area (Å²) in [6.45, 7) is 7.46. The first-order valence-electron chi connectivity index (χ1n) is 6.19. The molecule has 0 aliphatic carbocycles. The Bertz CT molecular complexity index is 352. The van der Waals surface area contributed by atoms with Gasteiger partial charge in [0.15, 0.2) is 0 Å². The first-order chi connectivity index (χ1) is 8.00. The van der Waals surface area contributed by atoms with Crippen molar-refractivity contribution in [1.82, 2.24) is 5.32 Å². The van der Waals surface area contributed by atoms with Gasteiger partial charge in [0.2, 0.25) is 0 Å². The fourth-order valence-corrected chi connectivity index (χ4v) is 2.12. The summed E-state index contributed by atoms with van der Waals surface area (Å²) >= 11 is 6.01. The van der Waals surface area contributed by atoms with Gasteiger partial charge in [-0.2, -0.15) is 0 Å². The summed E-state index contributed by atoms with van der Waals surface area (Å²) in [6, 6.07) is 4.73. The standard InChI is InChI=1S/C14H21ClFN/c1-10(2)5-4-8-17-11(3)13-7-6-12(16)9-14(13)15/h6-7,9-11,17H,4-5,8H2,1-3H3. The summed E-state index contributed by atoms with van der Waals surface area (Å²) in [7, 11) is 0. The fraction of sp³-hybridized carbons (Fsp3) is 0.571. The maximum Gasteiger partial charge on any atom is 0.124 e. The molecule has 0 fully saturated rings. The monoisotopic (exact) mass is 257 g/mol. The molecule has 1 aromatic carbocycles. The molecule has 0 bridgehead atoms. The van der Waals surface area contributed by atoms with E-state index in [1.165, 1.54) is 18.6 Å². The highest BCUT2D eigenvalue weighted by atomic mass is 35.5. The molecule has 1 N–H and O–H groups in total. The number of rotatable bonds is 6. The van der Waals surface area contributed by atoms with Crippen LogP contribution >= 0.6 is 11.6 Å². The molecule has 1 aromatic rings. The molecule has 0 saturated carbocycles. The zero-order valence-corrected chi connectivity index (χ0v) is 11.5.